The average molecular weight is 341 g/mol. The van der Waals surface area contributed by atoms with Crippen molar-refractivity contribution >= 4 is 27.5 Å². The van der Waals surface area contributed by atoms with Gasteiger partial charge in [0.15, 0.2) is 0 Å². The first-order chi connectivity index (χ1) is 9.11. The van der Waals surface area contributed by atoms with E-state index >= 15 is 0 Å². The standard InChI is InChI=1S/C14H15BrClN3/c1-9-8-18-5-4-12(9)14(19-17)6-10-2-3-11(15)7-13(10)16/h2-5,7-8,14,19H,6,17H2,1H3. The third-order valence-electron chi connectivity index (χ3n) is 3.08. The highest BCUT2D eigenvalue weighted by molar-refractivity contribution is 9.10. The quantitative estimate of drug-likeness (QED) is 0.661. The number of rotatable bonds is 4. The number of pyridine rings is 1. The summed E-state index contributed by atoms with van der Waals surface area (Å²) in [5.41, 5.74) is 6.16. The molecule has 5 heteroatoms. The predicted molar refractivity (Wildman–Crippen MR) is 81.9 cm³/mol. The molecule has 19 heavy (non-hydrogen) atoms. The molecule has 3 nitrogen and oxygen atoms in total. The van der Waals surface area contributed by atoms with E-state index in [-0.39, 0.29) is 6.04 Å². The maximum Gasteiger partial charge on any atom is 0.0504 e. The Labute approximate surface area is 126 Å². The highest BCUT2D eigenvalue weighted by Crippen LogP contribution is 2.27. The minimum atomic E-state index is 0.0154. The largest absolute Gasteiger partial charge is 0.271 e. The zero-order valence-corrected chi connectivity index (χ0v) is 12.9. The van der Waals surface area contributed by atoms with Crippen molar-refractivity contribution < 1.29 is 0 Å². The summed E-state index contributed by atoms with van der Waals surface area (Å²) in [6.45, 7) is 2.02. The Hall–Kier alpha value is -0.940. The molecule has 0 aliphatic rings. The topological polar surface area (TPSA) is 50.9 Å². The van der Waals surface area contributed by atoms with Crippen LogP contribution in [0.25, 0.3) is 0 Å². The predicted octanol–water partition coefficient (Wildman–Crippen LogP) is 3.55. The first-order valence-corrected chi connectivity index (χ1v) is 7.09. The van der Waals surface area contributed by atoms with Crippen molar-refractivity contribution in [2.75, 3.05) is 0 Å². The van der Waals surface area contributed by atoms with Gasteiger partial charge in [-0.25, -0.2) is 0 Å². The highest BCUT2D eigenvalue weighted by Gasteiger charge is 2.14. The molecule has 0 bridgehead atoms. The lowest BCUT2D eigenvalue weighted by atomic mass is 9.97. The van der Waals surface area contributed by atoms with Gasteiger partial charge in [0.2, 0.25) is 0 Å². The molecule has 0 aliphatic heterocycles. The Bertz CT molecular complexity index is 574. The van der Waals surface area contributed by atoms with Crippen molar-refractivity contribution in [2.45, 2.75) is 19.4 Å². The van der Waals surface area contributed by atoms with Crippen LogP contribution in [0.15, 0.2) is 41.1 Å². The van der Waals surface area contributed by atoms with Crippen LogP contribution in [0.4, 0.5) is 0 Å². The Morgan fingerprint density at radius 3 is 2.84 bits per heavy atom. The van der Waals surface area contributed by atoms with Gasteiger partial charge in [-0.05, 0) is 48.2 Å². The SMILES string of the molecule is Cc1cnccc1C(Cc1ccc(Br)cc1Cl)NN. The number of hydrogen-bond acceptors (Lipinski definition) is 3. The lowest BCUT2D eigenvalue weighted by Gasteiger charge is -2.19. The average Bonchev–Trinajstić information content (AvgIpc) is 2.39. The molecular weight excluding hydrogens is 326 g/mol. The van der Waals surface area contributed by atoms with E-state index in [0.717, 1.165) is 32.6 Å². The normalized spacial score (nSPS) is 12.4. The summed E-state index contributed by atoms with van der Waals surface area (Å²) in [6, 6.07) is 7.87. The van der Waals surface area contributed by atoms with E-state index in [1.165, 1.54) is 0 Å². The lowest BCUT2D eigenvalue weighted by molar-refractivity contribution is 0.549. The Morgan fingerprint density at radius 1 is 1.42 bits per heavy atom. The first-order valence-electron chi connectivity index (χ1n) is 5.92. The summed E-state index contributed by atoms with van der Waals surface area (Å²) in [6.07, 6.45) is 4.34. The number of nitrogens with zero attached hydrogens (tertiary/aromatic N) is 1. The van der Waals surface area contributed by atoms with Crippen molar-refractivity contribution in [3.8, 4) is 0 Å². The van der Waals surface area contributed by atoms with Gasteiger partial charge in [-0.3, -0.25) is 16.3 Å². The van der Waals surface area contributed by atoms with Crippen LogP contribution >= 0.6 is 27.5 Å². The number of hydrogen-bond donors (Lipinski definition) is 2. The van der Waals surface area contributed by atoms with E-state index in [2.05, 4.69) is 26.3 Å². The molecule has 0 radical (unpaired) electrons. The van der Waals surface area contributed by atoms with E-state index < -0.39 is 0 Å². The molecule has 0 fully saturated rings. The molecule has 0 amide bonds. The van der Waals surface area contributed by atoms with Gasteiger partial charge < -0.3 is 0 Å². The number of halogens is 2. The second-order valence-electron chi connectivity index (χ2n) is 4.39. The maximum absolute atomic E-state index is 6.25. The Kier molecular flexibility index (Phi) is 4.93. The molecule has 2 rings (SSSR count). The van der Waals surface area contributed by atoms with Gasteiger partial charge in [0.1, 0.15) is 0 Å². The molecule has 3 N–H and O–H groups in total. The summed E-state index contributed by atoms with van der Waals surface area (Å²) in [5.74, 6) is 5.68. The molecule has 1 atom stereocenters. The van der Waals surface area contributed by atoms with Gasteiger partial charge in [0.25, 0.3) is 0 Å². The van der Waals surface area contributed by atoms with E-state index in [4.69, 9.17) is 17.4 Å². The van der Waals surface area contributed by atoms with E-state index in [1.807, 2.05) is 37.4 Å². The zero-order chi connectivity index (χ0) is 13.8. The summed E-state index contributed by atoms with van der Waals surface area (Å²) in [5, 5.41) is 0.737. The van der Waals surface area contributed by atoms with E-state index in [1.54, 1.807) is 6.20 Å². The van der Waals surface area contributed by atoms with Gasteiger partial charge >= 0.3 is 0 Å². The second kappa shape index (κ2) is 6.48. The van der Waals surface area contributed by atoms with E-state index in [9.17, 15) is 0 Å². The minimum absolute atomic E-state index is 0.0154. The molecule has 2 aromatic rings. The van der Waals surface area contributed by atoms with Crippen LogP contribution in [-0.2, 0) is 6.42 Å². The van der Waals surface area contributed by atoms with Gasteiger partial charge in [-0.1, -0.05) is 33.6 Å². The van der Waals surface area contributed by atoms with Crippen LogP contribution in [0.1, 0.15) is 22.7 Å². The number of benzene rings is 1. The van der Waals surface area contributed by atoms with Crippen LogP contribution in [0, 0.1) is 6.92 Å². The third-order valence-corrected chi connectivity index (χ3v) is 3.92. The van der Waals surface area contributed by atoms with Gasteiger partial charge in [-0.15, -0.1) is 0 Å². The molecule has 1 unspecified atom stereocenters. The number of hydrazine groups is 1. The highest BCUT2D eigenvalue weighted by atomic mass is 79.9. The van der Waals surface area contributed by atoms with Gasteiger partial charge in [0.05, 0.1) is 6.04 Å². The van der Waals surface area contributed by atoms with Gasteiger partial charge in [-0.2, -0.15) is 0 Å². The Morgan fingerprint density at radius 2 is 2.21 bits per heavy atom. The number of aryl methyl sites for hydroxylation is 1. The van der Waals surface area contributed by atoms with Crippen LogP contribution in [0.5, 0.6) is 0 Å². The summed E-state index contributed by atoms with van der Waals surface area (Å²) in [7, 11) is 0. The zero-order valence-electron chi connectivity index (χ0n) is 10.5. The molecule has 1 aromatic carbocycles. The summed E-state index contributed by atoms with van der Waals surface area (Å²) >= 11 is 9.65. The maximum atomic E-state index is 6.25. The molecule has 1 heterocycles. The van der Waals surface area contributed by atoms with Crippen LogP contribution < -0.4 is 11.3 Å². The van der Waals surface area contributed by atoms with Crippen molar-refractivity contribution in [1.29, 1.82) is 0 Å². The molecule has 0 saturated heterocycles. The number of nitrogens with one attached hydrogen (secondary N) is 1. The van der Waals surface area contributed by atoms with Crippen molar-refractivity contribution in [2.24, 2.45) is 5.84 Å². The third kappa shape index (κ3) is 3.54. The molecular formula is C14H15BrClN3. The first kappa shape index (κ1) is 14.5. The Balaban J connectivity index is 2.27. The smallest absolute Gasteiger partial charge is 0.0504 e. The molecule has 1 aromatic heterocycles. The fourth-order valence-electron chi connectivity index (χ4n) is 2.04. The van der Waals surface area contributed by atoms with Gasteiger partial charge in [0, 0.05) is 21.9 Å². The minimum Gasteiger partial charge on any atom is -0.271 e. The van der Waals surface area contributed by atoms with Crippen molar-refractivity contribution in [3.63, 3.8) is 0 Å². The van der Waals surface area contributed by atoms with Crippen LogP contribution in [0.2, 0.25) is 5.02 Å². The molecule has 0 saturated carbocycles. The number of nitrogens with two attached hydrogens (primary N) is 1. The summed E-state index contributed by atoms with van der Waals surface area (Å²) in [4.78, 5) is 4.10. The van der Waals surface area contributed by atoms with Crippen LogP contribution in [-0.4, -0.2) is 4.98 Å². The second-order valence-corrected chi connectivity index (χ2v) is 5.71. The molecule has 0 spiro atoms. The fraction of sp³-hybridized carbons (Fsp3) is 0.214. The fourth-order valence-corrected chi connectivity index (χ4v) is 2.79. The lowest BCUT2D eigenvalue weighted by Crippen LogP contribution is -2.30. The van der Waals surface area contributed by atoms with Crippen LogP contribution in [0.3, 0.4) is 0 Å². The summed E-state index contributed by atoms with van der Waals surface area (Å²) < 4.78 is 0.971. The number of aromatic nitrogens is 1. The molecule has 0 aliphatic carbocycles. The van der Waals surface area contributed by atoms with E-state index in [0.29, 0.717) is 0 Å². The van der Waals surface area contributed by atoms with Crippen molar-refractivity contribution in [1.82, 2.24) is 10.4 Å². The molecule has 100 valence electrons. The van der Waals surface area contributed by atoms with Crippen molar-refractivity contribution in [3.05, 3.63) is 62.8 Å². The monoisotopic (exact) mass is 339 g/mol.